The summed E-state index contributed by atoms with van der Waals surface area (Å²) >= 11 is 0. The Bertz CT molecular complexity index is 1230. The third-order valence-electron chi connectivity index (χ3n) is 5.55. The standard InChI is InChI=1S/C24H35N5O5/c1-6-17-9-7-10-19(13-17)34-15-18(30)14-29-20-21(27(4)24(32)28(5)22(20)31)26-23(29)25-11-8-12-33-16(2)3/h7,9-10,13,16,18,30H,6,8,11-12,14-15H2,1-5H3,(H,25,26)/t18-/m1/s1. The van der Waals surface area contributed by atoms with Gasteiger partial charge in [0.15, 0.2) is 11.2 Å². The molecule has 2 N–H and O–H groups in total. The Kier molecular flexibility index (Phi) is 8.51. The van der Waals surface area contributed by atoms with E-state index in [1.165, 1.54) is 11.6 Å². The van der Waals surface area contributed by atoms with Gasteiger partial charge in [0.2, 0.25) is 5.95 Å². The molecule has 34 heavy (non-hydrogen) atoms. The molecule has 10 nitrogen and oxygen atoms in total. The number of rotatable bonds is 12. The molecule has 0 radical (unpaired) electrons. The summed E-state index contributed by atoms with van der Waals surface area (Å²) < 4.78 is 15.4. The van der Waals surface area contributed by atoms with Crippen molar-refractivity contribution >= 4 is 17.1 Å². The van der Waals surface area contributed by atoms with Gasteiger partial charge in [-0.05, 0) is 44.4 Å². The second-order valence-corrected chi connectivity index (χ2v) is 8.59. The van der Waals surface area contributed by atoms with Crippen LogP contribution in [0.25, 0.3) is 11.2 Å². The van der Waals surface area contributed by atoms with Crippen molar-refractivity contribution in [2.24, 2.45) is 14.1 Å². The number of aryl methyl sites for hydroxylation is 2. The first-order valence-electron chi connectivity index (χ1n) is 11.6. The van der Waals surface area contributed by atoms with E-state index in [0.717, 1.165) is 23.0 Å². The molecule has 0 aliphatic rings. The minimum absolute atomic E-state index is 0.0423. The predicted octanol–water partition coefficient (Wildman–Crippen LogP) is 1.66. The molecule has 2 aromatic heterocycles. The second kappa shape index (κ2) is 11.3. The first kappa shape index (κ1) is 25.5. The molecule has 0 saturated heterocycles. The fourth-order valence-electron chi connectivity index (χ4n) is 3.66. The number of aromatic nitrogens is 4. The van der Waals surface area contributed by atoms with Crippen LogP contribution in [0.1, 0.15) is 32.8 Å². The number of benzene rings is 1. The van der Waals surface area contributed by atoms with Crippen LogP contribution in [0.2, 0.25) is 0 Å². The van der Waals surface area contributed by atoms with Gasteiger partial charge in [-0.15, -0.1) is 0 Å². The third-order valence-corrected chi connectivity index (χ3v) is 5.55. The maximum absolute atomic E-state index is 12.9. The molecule has 3 rings (SSSR count). The van der Waals surface area contributed by atoms with Crippen LogP contribution in [0.4, 0.5) is 5.95 Å². The van der Waals surface area contributed by atoms with Crippen molar-refractivity contribution in [3.05, 3.63) is 50.7 Å². The van der Waals surface area contributed by atoms with Crippen molar-refractivity contribution in [3.63, 3.8) is 0 Å². The normalized spacial score (nSPS) is 12.4. The van der Waals surface area contributed by atoms with E-state index in [4.69, 9.17) is 9.47 Å². The number of nitrogens with one attached hydrogen (secondary N) is 1. The van der Waals surface area contributed by atoms with E-state index in [1.807, 2.05) is 38.1 Å². The predicted molar refractivity (Wildman–Crippen MR) is 132 cm³/mol. The van der Waals surface area contributed by atoms with E-state index in [1.54, 1.807) is 11.6 Å². The molecule has 2 heterocycles. The van der Waals surface area contributed by atoms with E-state index in [-0.39, 0.29) is 30.4 Å². The lowest BCUT2D eigenvalue weighted by molar-refractivity contribution is 0.0786. The van der Waals surface area contributed by atoms with Gasteiger partial charge in [-0.1, -0.05) is 19.1 Å². The summed E-state index contributed by atoms with van der Waals surface area (Å²) in [6, 6.07) is 7.72. The average molecular weight is 474 g/mol. The van der Waals surface area contributed by atoms with Gasteiger partial charge < -0.3 is 24.5 Å². The molecule has 1 aromatic carbocycles. The van der Waals surface area contributed by atoms with Crippen LogP contribution in [-0.2, 0) is 31.8 Å². The molecule has 1 atom stereocenters. The molecule has 0 bridgehead atoms. The molecule has 0 amide bonds. The van der Waals surface area contributed by atoms with Crippen LogP contribution in [0.5, 0.6) is 5.75 Å². The molecule has 3 aromatic rings. The summed E-state index contributed by atoms with van der Waals surface area (Å²) in [6.45, 7) is 7.27. The first-order chi connectivity index (χ1) is 16.2. The number of aliphatic hydroxyl groups excluding tert-OH is 1. The second-order valence-electron chi connectivity index (χ2n) is 8.59. The van der Waals surface area contributed by atoms with Crippen molar-refractivity contribution in [3.8, 4) is 5.75 Å². The van der Waals surface area contributed by atoms with Gasteiger partial charge in [-0.2, -0.15) is 4.98 Å². The van der Waals surface area contributed by atoms with Gasteiger partial charge in [-0.3, -0.25) is 13.9 Å². The van der Waals surface area contributed by atoms with E-state index in [2.05, 4.69) is 17.2 Å². The highest BCUT2D eigenvalue weighted by Gasteiger charge is 2.21. The molecular formula is C24H35N5O5. The fourth-order valence-corrected chi connectivity index (χ4v) is 3.66. The number of fused-ring (bicyclic) bond motifs is 1. The molecule has 0 saturated carbocycles. The number of anilines is 1. The fraction of sp³-hybridized carbons (Fsp3) is 0.542. The highest BCUT2D eigenvalue weighted by molar-refractivity contribution is 5.74. The Morgan fingerprint density at radius 3 is 2.65 bits per heavy atom. The Balaban J connectivity index is 1.83. The van der Waals surface area contributed by atoms with Crippen molar-refractivity contribution in [2.75, 3.05) is 25.1 Å². The van der Waals surface area contributed by atoms with Gasteiger partial charge in [0.05, 0.1) is 12.6 Å². The summed E-state index contributed by atoms with van der Waals surface area (Å²) in [5, 5.41) is 14.0. The van der Waals surface area contributed by atoms with Crippen LogP contribution in [0.15, 0.2) is 33.9 Å². The van der Waals surface area contributed by atoms with Gasteiger partial charge in [0.1, 0.15) is 18.5 Å². The Labute approximate surface area is 198 Å². The quantitative estimate of drug-likeness (QED) is 0.385. The van der Waals surface area contributed by atoms with E-state index in [9.17, 15) is 14.7 Å². The third kappa shape index (κ3) is 5.87. The number of hydrogen-bond acceptors (Lipinski definition) is 7. The molecule has 186 valence electrons. The lowest BCUT2D eigenvalue weighted by atomic mass is 10.2. The number of imidazole rings is 1. The lowest BCUT2D eigenvalue weighted by Gasteiger charge is -2.16. The van der Waals surface area contributed by atoms with E-state index in [0.29, 0.717) is 24.8 Å². The van der Waals surface area contributed by atoms with Gasteiger partial charge in [-0.25, -0.2) is 4.79 Å². The minimum Gasteiger partial charge on any atom is -0.491 e. The molecule has 0 spiro atoms. The van der Waals surface area contributed by atoms with Gasteiger partial charge >= 0.3 is 5.69 Å². The Morgan fingerprint density at radius 2 is 1.94 bits per heavy atom. The van der Waals surface area contributed by atoms with Crippen LogP contribution < -0.4 is 21.3 Å². The maximum Gasteiger partial charge on any atom is 0.332 e. The molecule has 0 aliphatic carbocycles. The highest BCUT2D eigenvalue weighted by Crippen LogP contribution is 2.18. The van der Waals surface area contributed by atoms with Crippen LogP contribution in [0, 0.1) is 0 Å². The molecule has 10 heteroatoms. The zero-order valence-corrected chi connectivity index (χ0v) is 20.6. The van der Waals surface area contributed by atoms with Crippen LogP contribution in [-0.4, -0.2) is 55.8 Å². The smallest absolute Gasteiger partial charge is 0.332 e. The Morgan fingerprint density at radius 1 is 1.18 bits per heavy atom. The van der Waals surface area contributed by atoms with Crippen LogP contribution in [0.3, 0.4) is 0 Å². The number of aliphatic hydroxyl groups is 1. The number of nitrogens with zero attached hydrogens (tertiary/aromatic N) is 4. The first-order valence-corrected chi connectivity index (χ1v) is 11.6. The summed E-state index contributed by atoms with van der Waals surface area (Å²) in [5.74, 6) is 1.08. The van der Waals surface area contributed by atoms with Crippen molar-refractivity contribution in [1.82, 2.24) is 18.7 Å². The van der Waals surface area contributed by atoms with Crippen molar-refractivity contribution in [1.29, 1.82) is 0 Å². The summed E-state index contributed by atoms with van der Waals surface area (Å²) in [6.07, 6.45) is 0.863. The minimum atomic E-state index is -0.908. The maximum atomic E-state index is 12.9. The van der Waals surface area contributed by atoms with Gasteiger partial charge in [0.25, 0.3) is 5.56 Å². The molecule has 0 fully saturated rings. The monoisotopic (exact) mass is 473 g/mol. The Hall–Kier alpha value is -3.11. The van der Waals surface area contributed by atoms with Crippen LogP contribution >= 0.6 is 0 Å². The molecule has 0 unspecified atom stereocenters. The van der Waals surface area contributed by atoms with E-state index < -0.39 is 17.4 Å². The summed E-state index contributed by atoms with van der Waals surface area (Å²) in [4.78, 5) is 29.8. The zero-order valence-electron chi connectivity index (χ0n) is 20.6. The largest absolute Gasteiger partial charge is 0.491 e. The SMILES string of the molecule is CCc1cccc(OC[C@H](O)Cn2c(NCCCOC(C)C)nc3c2c(=O)n(C)c(=O)n3C)c1. The average Bonchev–Trinajstić information content (AvgIpc) is 3.17. The molecular weight excluding hydrogens is 438 g/mol. The van der Waals surface area contributed by atoms with E-state index >= 15 is 0 Å². The zero-order chi connectivity index (χ0) is 24.8. The summed E-state index contributed by atoms with van der Waals surface area (Å²) in [7, 11) is 3.00. The topological polar surface area (TPSA) is 113 Å². The van der Waals surface area contributed by atoms with Crippen molar-refractivity contribution in [2.45, 2.75) is 52.4 Å². The highest BCUT2D eigenvalue weighted by atomic mass is 16.5. The van der Waals surface area contributed by atoms with Crippen molar-refractivity contribution < 1.29 is 14.6 Å². The molecule has 0 aliphatic heterocycles. The number of hydrogen-bond donors (Lipinski definition) is 2. The van der Waals surface area contributed by atoms with Gasteiger partial charge in [0, 0.05) is 27.2 Å². The lowest BCUT2D eigenvalue weighted by Crippen LogP contribution is -2.38. The summed E-state index contributed by atoms with van der Waals surface area (Å²) in [5.41, 5.74) is 0.726. The number of ether oxygens (including phenoxy) is 2.